The van der Waals surface area contributed by atoms with Crippen LogP contribution in [0.1, 0.15) is 51.8 Å². The lowest BCUT2D eigenvalue weighted by Gasteiger charge is -2.38. The fourth-order valence-corrected chi connectivity index (χ4v) is 2.62. The molecule has 0 spiro atoms. The Bertz CT molecular complexity index is 377. The van der Waals surface area contributed by atoms with E-state index in [2.05, 4.69) is 29.8 Å². The summed E-state index contributed by atoms with van der Waals surface area (Å²) in [5.74, 6) is 0.752. The number of hydrogen-bond donors (Lipinski definition) is 1. The van der Waals surface area contributed by atoms with Gasteiger partial charge in [-0.3, -0.25) is 4.98 Å². The molecule has 18 heavy (non-hydrogen) atoms. The zero-order valence-electron chi connectivity index (χ0n) is 11.6. The maximum Gasteiger partial charge on any atom is 0.0957 e. The Labute approximate surface area is 110 Å². The summed E-state index contributed by atoms with van der Waals surface area (Å²) >= 11 is 0. The molecule has 1 aliphatic heterocycles. The topological polar surface area (TPSA) is 36.4 Å². The van der Waals surface area contributed by atoms with E-state index >= 15 is 0 Å². The Morgan fingerprint density at radius 3 is 2.78 bits per heavy atom. The van der Waals surface area contributed by atoms with Gasteiger partial charge in [0.2, 0.25) is 0 Å². The third kappa shape index (κ3) is 2.83. The number of piperidine rings is 1. The standard InChI is InChI=1S/C15H24N2O/c1-4-15(18)14-8-7-13(9-16-14)17-10-11(2)5-6-12(17)3/h7-9,11-12,15,18H,4-6,10H2,1-3H3. The number of aliphatic hydroxyl groups is 1. The third-order valence-electron chi connectivity index (χ3n) is 3.95. The lowest BCUT2D eigenvalue weighted by atomic mass is 9.94. The lowest BCUT2D eigenvalue weighted by Crippen LogP contribution is -2.41. The Hall–Kier alpha value is -1.09. The van der Waals surface area contributed by atoms with E-state index < -0.39 is 6.10 Å². The Morgan fingerprint density at radius 2 is 2.17 bits per heavy atom. The van der Waals surface area contributed by atoms with Gasteiger partial charge in [0, 0.05) is 12.6 Å². The number of hydrogen-bond acceptors (Lipinski definition) is 3. The molecule has 2 rings (SSSR count). The Morgan fingerprint density at radius 1 is 1.39 bits per heavy atom. The predicted molar refractivity (Wildman–Crippen MR) is 74.7 cm³/mol. The summed E-state index contributed by atoms with van der Waals surface area (Å²) in [6.45, 7) is 7.66. The second-order valence-electron chi connectivity index (χ2n) is 5.55. The van der Waals surface area contributed by atoms with Gasteiger partial charge in [-0.15, -0.1) is 0 Å². The van der Waals surface area contributed by atoms with Crippen molar-refractivity contribution >= 4 is 5.69 Å². The van der Waals surface area contributed by atoms with Gasteiger partial charge in [0.05, 0.1) is 23.7 Å². The fraction of sp³-hybridized carbons (Fsp3) is 0.667. The number of aliphatic hydroxyl groups excluding tert-OH is 1. The molecule has 3 unspecified atom stereocenters. The molecule has 0 radical (unpaired) electrons. The van der Waals surface area contributed by atoms with Crippen LogP contribution in [-0.2, 0) is 0 Å². The van der Waals surface area contributed by atoms with E-state index in [9.17, 15) is 5.11 Å². The average molecular weight is 248 g/mol. The summed E-state index contributed by atoms with van der Waals surface area (Å²) in [7, 11) is 0. The molecule has 1 aliphatic rings. The van der Waals surface area contributed by atoms with E-state index in [-0.39, 0.29) is 0 Å². The van der Waals surface area contributed by atoms with Gasteiger partial charge < -0.3 is 10.0 Å². The molecule has 3 heteroatoms. The van der Waals surface area contributed by atoms with E-state index in [0.29, 0.717) is 12.5 Å². The first-order valence-electron chi connectivity index (χ1n) is 7.02. The van der Waals surface area contributed by atoms with Gasteiger partial charge >= 0.3 is 0 Å². The van der Waals surface area contributed by atoms with Gasteiger partial charge in [0.1, 0.15) is 0 Å². The lowest BCUT2D eigenvalue weighted by molar-refractivity contribution is 0.169. The minimum Gasteiger partial charge on any atom is -0.387 e. The van der Waals surface area contributed by atoms with Crippen LogP contribution in [0.3, 0.4) is 0 Å². The SMILES string of the molecule is CCC(O)c1ccc(N2CC(C)CCC2C)cn1. The Balaban J connectivity index is 2.13. The first-order valence-corrected chi connectivity index (χ1v) is 7.02. The first kappa shape index (κ1) is 13.3. The minimum absolute atomic E-state index is 0.434. The molecule has 1 aromatic heterocycles. The summed E-state index contributed by atoms with van der Waals surface area (Å²) in [4.78, 5) is 6.83. The smallest absolute Gasteiger partial charge is 0.0957 e. The molecule has 3 atom stereocenters. The molecule has 1 aromatic rings. The quantitative estimate of drug-likeness (QED) is 0.892. The van der Waals surface area contributed by atoms with Crippen molar-refractivity contribution in [3.05, 3.63) is 24.0 Å². The maximum absolute atomic E-state index is 9.75. The molecule has 0 aromatic carbocycles. The van der Waals surface area contributed by atoms with Crippen molar-refractivity contribution in [2.45, 2.75) is 52.2 Å². The molecule has 2 heterocycles. The molecule has 1 N–H and O–H groups in total. The molecular weight excluding hydrogens is 224 g/mol. The summed E-state index contributed by atoms with van der Waals surface area (Å²) in [6, 6.07) is 4.63. The van der Waals surface area contributed by atoms with Crippen molar-refractivity contribution in [3.8, 4) is 0 Å². The molecule has 1 fully saturated rings. The zero-order chi connectivity index (χ0) is 13.1. The van der Waals surface area contributed by atoms with Gasteiger partial charge in [0.15, 0.2) is 0 Å². The van der Waals surface area contributed by atoms with Gasteiger partial charge in [-0.2, -0.15) is 0 Å². The van der Waals surface area contributed by atoms with E-state index in [4.69, 9.17) is 0 Å². The maximum atomic E-state index is 9.75. The Kier molecular flexibility index (Phi) is 4.23. The van der Waals surface area contributed by atoms with Crippen molar-refractivity contribution in [1.82, 2.24) is 4.98 Å². The van der Waals surface area contributed by atoms with Crippen LogP contribution in [-0.4, -0.2) is 22.7 Å². The van der Waals surface area contributed by atoms with Gasteiger partial charge in [-0.25, -0.2) is 0 Å². The van der Waals surface area contributed by atoms with Crippen LogP contribution in [0.4, 0.5) is 5.69 Å². The highest BCUT2D eigenvalue weighted by Gasteiger charge is 2.23. The highest BCUT2D eigenvalue weighted by atomic mass is 16.3. The monoisotopic (exact) mass is 248 g/mol. The molecule has 1 saturated heterocycles. The van der Waals surface area contributed by atoms with E-state index in [1.165, 1.54) is 18.5 Å². The van der Waals surface area contributed by atoms with Crippen molar-refractivity contribution in [2.24, 2.45) is 5.92 Å². The number of aromatic nitrogens is 1. The van der Waals surface area contributed by atoms with E-state index in [1.54, 1.807) is 0 Å². The zero-order valence-corrected chi connectivity index (χ0v) is 11.6. The molecule has 0 bridgehead atoms. The number of rotatable bonds is 3. The van der Waals surface area contributed by atoms with Crippen LogP contribution in [0.2, 0.25) is 0 Å². The summed E-state index contributed by atoms with van der Waals surface area (Å²) in [6.07, 6.45) is 4.75. The summed E-state index contributed by atoms with van der Waals surface area (Å²) < 4.78 is 0. The third-order valence-corrected chi connectivity index (χ3v) is 3.95. The van der Waals surface area contributed by atoms with Crippen molar-refractivity contribution in [2.75, 3.05) is 11.4 Å². The summed E-state index contributed by atoms with van der Waals surface area (Å²) in [5.41, 5.74) is 1.96. The van der Waals surface area contributed by atoms with E-state index in [1.807, 2.05) is 19.2 Å². The van der Waals surface area contributed by atoms with E-state index in [0.717, 1.165) is 18.2 Å². The highest BCUT2D eigenvalue weighted by molar-refractivity contribution is 5.46. The average Bonchev–Trinajstić information content (AvgIpc) is 2.41. The van der Waals surface area contributed by atoms with Gasteiger partial charge in [-0.1, -0.05) is 13.8 Å². The largest absolute Gasteiger partial charge is 0.387 e. The van der Waals surface area contributed by atoms with Gasteiger partial charge in [-0.05, 0) is 44.2 Å². The number of nitrogens with zero attached hydrogens (tertiary/aromatic N) is 2. The highest BCUT2D eigenvalue weighted by Crippen LogP contribution is 2.27. The van der Waals surface area contributed by atoms with Crippen molar-refractivity contribution < 1.29 is 5.11 Å². The predicted octanol–water partition coefficient (Wildman–Crippen LogP) is 3.15. The van der Waals surface area contributed by atoms with Crippen LogP contribution in [0.25, 0.3) is 0 Å². The minimum atomic E-state index is -0.434. The normalized spacial score (nSPS) is 26.1. The van der Waals surface area contributed by atoms with Crippen LogP contribution in [0, 0.1) is 5.92 Å². The molecule has 3 nitrogen and oxygen atoms in total. The fourth-order valence-electron chi connectivity index (χ4n) is 2.62. The second-order valence-corrected chi connectivity index (χ2v) is 5.55. The van der Waals surface area contributed by atoms with Crippen LogP contribution < -0.4 is 4.90 Å². The summed E-state index contributed by atoms with van der Waals surface area (Å²) in [5, 5.41) is 9.75. The number of pyridine rings is 1. The van der Waals surface area contributed by atoms with Gasteiger partial charge in [0.25, 0.3) is 0 Å². The van der Waals surface area contributed by atoms with Crippen molar-refractivity contribution in [3.63, 3.8) is 0 Å². The first-order chi connectivity index (χ1) is 8.61. The molecule has 0 aliphatic carbocycles. The second kappa shape index (κ2) is 5.70. The van der Waals surface area contributed by atoms with Crippen LogP contribution in [0.5, 0.6) is 0 Å². The molecular formula is C15H24N2O. The van der Waals surface area contributed by atoms with Crippen LogP contribution >= 0.6 is 0 Å². The van der Waals surface area contributed by atoms with Crippen LogP contribution in [0.15, 0.2) is 18.3 Å². The van der Waals surface area contributed by atoms with Crippen molar-refractivity contribution in [1.29, 1.82) is 0 Å². The molecule has 0 saturated carbocycles. The molecule has 100 valence electrons. The number of anilines is 1. The molecule has 0 amide bonds.